The first kappa shape index (κ1) is 13.5. The normalized spacial score (nSPS) is 22.8. The van der Waals surface area contributed by atoms with E-state index in [4.69, 9.17) is 0 Å². The van der Waals surface area contributed by atoms with Crippen LogP contribution >= 0.6 is 0 Å². The number of carbonyl (C=O) groups excluding carboxylic acids is 1. The summed E-state index contributed by atoms with van der Waals surface area (Å²) in [6.07, 6.45) is 6.07. The van der Waals surface area contributed by atoms with E-state index in [0.717, 1.165) is 44.0 Å². The third-order valence-corrected chi connectivity index (χ3v) is 4.29. The maximum atomic E-state index is 12.0. The summed E-state index contributed by atoms with van der Waals surface area (Å²) in [5, 5.41) is 14.9. The molecule has 0 spiro atoms. The summed E-state index contributed by atoms with van der Waals surface area (Å²) in [6.45, 7) is 4.06. The van der Waals surface area contributed by atoms with E-state index in [1.807, 2.05) is 6.92 Å². The Bertz CT molecular complexity index is 478. The molecule has 2 atom stereocenters. The van der Waals surface area contributed by atoms with Gasteiger partial charge >= 0.3 is 0 Å². The second-order valence-electron chi connectivity index (χ2n) is 5.85. The molecular formula is C14H23N5O. The Morgan fingerprint density at radius 2 is 2.40 bits per heavy atom. The Morgan fingerprint density at radius 1 is 1.50 bits per heavy atom. The molecule has 1 aromatic rings. The number of hydrogen-bond acceptors (Lipinski definition) is 4. The molecule has 1 fully saturated rings. The zero-order valence-corrected chi connectivity index (χ0v) is 12.1. The Hall–Kier alpha value is -1.43. The molecule has 0 saturated carbocycles. The van der Waals surface area contributed by atoms with Crippen molar-refractivity contribution in [2.75, 3.05) is 6.54 Å². The van der Waals surface area contributed by atoms with Gasteiger partial charge in [0.1, 0.15) is 5.82 Å². The molecule has 110 valence electrons. The first-order chi connectivity index (χ1) is 9.74. The summed E-state index contributed by atoms with van der Waals surface area (Å²) in [6, 6.07) is 0.465. The highest BCUT2D eigenvalue weighted by atomic mass is 16.1. The number of aromatic nitrogens is 3. The third-order valence-electron chi connectivity index (χ3n) is 4.29. The molecule has 2 N–H and O–H groups in total. The maximum Gasteiger partial charge on any atom is 0.220 e. The number of carbonyl (C=O) groups is 1. The predicted molar refractivity (Wildman–Crippen MR) is 75.2 cm³/mol. The van der Waals surface area contributed by atoms with Gasteiger partial charge < -0.3 is 15.2 Å². The zero-order valence-electron chi connectivity index (χ0n) is 12.1. The van der Waals surface area contributed by atoms with Gasteiger partial charge in [0.25, 0.3) is 0 Å². The summed E-state index contributed by atoms with van der Waals surface area (Å²) in [7, 11) is 0. The Morgan fingerprint density at radius 3 is 3.20 bits per heavy atom. The van der Waals surface area contributed by atoms with E-state index in [2.05, 4.69) is 25.4 Å². The first-order valence-corrected chi connectivity index (χ1v) is 7.69. The molecule has 0 aromatic carbocycles. The Kier molecular flexibility index (Phi) is 4.00. The molecule has 0 bridgehead atoms. The minimum absolute atomic E-state index is 0.0570. The zero-order chi connectivity index (χ0) is 13.9. The molecule has 3 heterocycles. The lowest BCUT2D eigenvalue weighted by Gasteiger charge is -2.15. The van der Waals surface area contributed by atoms with Crippen molar-refractivity contribution in [1.29, 1.82) is 0 Å². The van der Waals surface area contributed by atoms with Crippen LogP contribution < -0.4 is 10.6 Å². The second kappa shape index (κ2) is 5.91. The highest BCUT2D eigenvalue weighted by Crippen LogP contribution is 2.19. The average Bonchev–Trinajstić information content (AvgIpc) is 3.13. The molecular weight excluding hydrogens is 254 g/mol. The Labute approximate surface area is 119 Å². The third kappa shape index (κ3) is 2.85. The molecule has 2 unspecified atom stereocenters. The van der Waals surface area contributed by atoms with Gasteiger partial charge in [-0.25, -0.2) is 0 Å². The van der Waals surface area contributed by atoms with Gasteiger partial charge in [-0.15, -0.1) is 10.2 Å². The SMILES string of the molecule is CC(NC(=O)CCC1CCCN1)c1nnc2n1CCC2. The van der Waals surface area contributed by atoms with Gasteiger partial charge in [-0.3, -0.25) is 4.79 Å². The number of rotatable bonds is 5. The summed E-state index contributed by atoms with van der Waals surface area (Å²) in [5.74, 6) is 2.06. The van der Waals surface area contributed by atoms with Crippen LogP contribution in [-0.2, 0) is 17.8 Å². The second-order valence-corrected chi connectivity index (χ2v) is 5.85. The van der Waals surface area contributed by atoms with Crippen LogP contribution in [0.3, 0.4) is 0 Å². The van der Waals surface area contributed by atoms with Crippen molar-refractivity contribution >= 4 is 5.91 Å². The molecule has 2 aliphatic rings. The number of nitrogens with zero attached hydrogens (tertiary/aromatic N) is 3. The van der Waals surface area contributed by atoms with Crippen molar-refractivity contribution in [3.8, 4) is 0 Å². The van der Waals surface area contributed by atoms with Crippen molar-refractivity contribution in [2.45, 2.75) is 64.1 Å². The topological polar surface area (TPSA) is 71.8 Å². The van der Waals surface area contributed by atoms with E-state index < -0.39 is 0 Å². The van der Waals surface area contributed by atoms with E-state index in [9.17, 15) is 4.79 Å². The lowest BCUT2D eigenvalue weighted by molar-refractivity contribution is -0.122. The van der Waals surface area contributed by atoms with Crippen LogP contribution in [0.1, 0.15) is 56.7 Å². The predicted octanol–water partition coefficient (Wildman–Crippen LogP) is 0.934. The van der Waals surface area contributed by atoms with Crippen LogP contribution in [0.15, 0.2) is 0 Å². The number of amides is 1. The quantitative estimate of drug-likeness (QED) is 0.840. The summed E-state index contributed by atoms with van der Waals surface area (Å²) < 4.78 is 2.14. The maximum absolute atomic E-state index is 12.0. The summed E-state index contributed by atoms with van der Waals surface area (Å²) >= 11 is 0. The van der Waals surface area contributed by atoms with Gasteiger partial charge in [0, 0.05) is 25.4 Å². The van der Waals surface area contributed by atoms with Gasteiger partial charge in [0.05, 0.1) is 6.04 Å². The van der Waals surface area contributed by atoms with Crippen LogP contribution in [0.25, 0.3) is 0 Å². The lowest BCUT2D eigenvalue weighted by atomic mass is 10.1. The van der Waals surface area contributed by atoms with Crippen LogP contribution in [0.5, 0.6) is 0 Å². The molecule has 2 aliphatic heterocycles. The van der Waals surface area contributed by atoms with Crippen molar-refractivity contribution in [3.63, 3.8) is 0 Å². The molecule has 0 radical (unpaired) electrons. The molecule has 6 nitrogen and oxygen atoms in total. The van der Waals surface area contributed by atoms with Gasteiger partial charge in [0.2, 0.25) is 5.91 Å². The van der Waals surface area contributed by atoms with Crippen LogP contribution in [0.4, 0.5) is 0 Å². The summed E-state index contributed by atoms with van der Waals surface area (Å²) in [5.41, 5.74) is 0. The fourth-order valence-electron chi connectivity index (χ4n) is 3.18. The van der Waals surface area contributed by atoms with Crippen molar-refractivity contribution in [1.82, 2.24) is 25.4 Å². The monoisotopic (exact) mass is 277 g/mol. The highest BCUT2D eigenvalue weighted by molar-refractivity contribution is 5.76. The molecule has 1 aromatic heterocycles. The molecule has 1 saturated heterocycles. The molecule has 6 heteroatoms. The first-order valence-electron chi connectivity index (χ1n) is 7.69. The highest BCUT2D eigenvalue weighted by Gasteiger charge is 2.22. The molecule has 20 heavy (non-hydrogen) atoms. The van der Waals surface area contributed by atoms with Crippen molar-refractivity contribution < 1.29 is 4.79 Å². The smallest absolute Gasteiger partial charge is 0.220 e. The molecule has 0 aliphatic carbocycles. The van der Waals surface area contributed by atoms with Crippen LogP contribution in [0.2, 0.25) is 0 Å². The fourth-order valence-corrected chi connectivity index (χ4v) is 3.18. The number of hydrogen-bond donors (Lipinski definition) is 2. The fraction of sp³-hybridized carbons (Fsp3) is 0.786. The van der Waals surface area contributed by atoms with Gasteiger partial charge in [-0.05, 0) is 39.2 Å². The van der Waals surface area contributed by atoms with Crippen molar-refractivity contribution in [3.05, 3.63) is 11.6 Å². The average molecular weight is 277 g/mol. The minimum Gasteiger partial charge on any atom is -0.346 e. The Balaban J connectivity index is 1.50. The number of aryl methyl sites for hydroxylation is 1. The van der Waals surface area contributed by atoms with E-state index in [0.29, 0.717) is 12.5 Å². The van der Waals surface area contributed by atoms with E-state index in [-0.39, 0.29) is 11.9 Å². The van der Waals surface area contributed by atoms with Gasteiger partial charge in [0.15, 0.2) is 5.82 Å². The van der Waals surface area contributed by atoms with E-state index in [1.165, 1.54) is 12.8 Å². The van der Waals surface area contributed by atoms with E-state index >= 15 is 0 Å². The minimum atomic E-state index is -0.0570. The standard InChI is InChI=1S/C14H23N5O/c1-10(14-18-17-12-5-3-9-19(12)14)16-13(20)7-6-11-4-2-8-15-11/h10-11,15H,2-9H2,1H3,(H,16,20). The van der Waals surface area contributed by atoms with Gasteiger partial charge in [-0.1, -0.05) is 0 Å². The summed E-state index contributed by atoms with van der Waals surface area (Å²) in [4.78, 5) is 12.0. The molecule has 3 rings (SSSR count). The van der Waals surface area contributed by atoms with Crippen LogP contribution in [-0.4, -0.2) is 33.3 Å². The van der Waals surface area contributed by atoms with Gasteiger partial charge in [-0.2, -0.15) is 0 Å². The van der Waals surface area contributed by atoms with Crippen molar-refractivity contribution in [2.24, 2.45) is 0 Å². The lowest BCUT2D eigenvalue weighted by Crippen LogP contribution is -2.30. The number of fused-ring (bicyclic) bond motifs is 1. The van der Waals surface area contributed by atoms with E-state index in [1.54, 1.807) is 0 Å². The molecule has 1 amide bonds. The largest absolute Gasteiger partial charge is 0.346 e. The van der Waals surface area contributed by atoms with Crippen LogP contribution in [0, 0.1) is 0 Å². The number of nitrogens with one attached hydrogen (secondary N) is 2.